The van der Waals surface area contributed by atoms with E-state index in [1.165, 1.54) is 18.2 Å². The maximum Gasteiger partial charge on any atom is 0.306 e. The first kappa shape index (κ1) is 11.6. The highest BCUT2D eigenvalue weighted by Crippen LogP contribution is 2.23. The van der Waals surface area contributed by atoms with Crippen molar-refractivity contribution < 1.29 is 23.8 Å². The van der Waals surface area contributed by atoms with Gasteiger partial charge in [0.15, 0.2) is 0 Å². The van der Waals surface area contributed by atoms with Crippen LogP contribution in [0.2, 0.25) is 0 Å². The Labute approximate surface area is 85.0 Å². The molecule has 0 saturated heterocycles. The van der Waals surface area contributed by atoms with Crippen LogP contribution in [0.25, 0.3) is 0 Å². The highest BCUT2D eigenvalue weighted by molar-refractivity contribution is 5.67. The molecule has 1 aromatic carbocycles. The maximum atomic E-state index is 12.3. The molecule has 0 saturated carbocycles. The summed E-state index contributed by atoms with van der Waals surface area (Å²) in [5.41, 5.74) is -0.0351. The van der Waals surface area contributed by atoms with E-state index >= 15 is 0 Å². The van der Waals surface area contributed by atoms with Crippen molar-refractivity contribution in [3.63, 3.8) is 0 Å². The number of aliphatic carboxylic acids is 1. The van der Waals surface area contributed by atoms with Gasteiger partial charge in [-0.05, 0) is 11.6 Å². The smallest absolute Gasteiger partial charge is 0.306 e. The molecule has 0 aliphatic heterocycles. The van der Waals surface area contributed by atoms with E-state index in [9.17, 15) is 18.7 Å². The molecule has 0 fully saturated rings. The number of hydrogen-bond acceptors (Lipinski definition) is 2. The molecule has 1 rings (SSSR count). The van der Waals surface area contributed by atoms with Crippen LogP contribution in [0.3, 0.4) is 0 Å². The van der Waals surface area contributed by atoms with E-state index in [0.717, 1.165) is 6.07 Å². The second kappa shape index (κ2) is 4.84. The van der Waals surface area contributed by atoms with Crippen LogP contribution in [-0.4, -0.2) is 16.2 Å². The molecule has 0 bridgehead atoms. The number of carboxylic acids is 1. The summed E-state index contributed by atoms with van der Waals surface area (Å²) in [6.45, 7) is 0. The Kier molecular flexibility index (Phi) is 3.74. The van der Waals surface area contributed by atoms with Crippen LogP contribution < -0.4 is 0 Å². The normalized spacial score (nSPS) is 12.8. The van der Waals surface area contributed by atoms with Gasteiger partial charge in [0.25, 0.3) is 6.43 Å². The van der Waals surface area contributed by atoms with Crippen molar-refractivity contribution >= 4 is 5.97 Å². The number of rotatable bonds is 4. The highest BCUT2D eigenvalue weighted by Gasteiger charge is 2.14. The van der Waals surface area contributed by atoms with E-state index in [1.54, 1.807) is 0 Å². The highest BCUT2D eigenvalue weighted by atomic mass is 19.3. The molecule has 0 aliphatic carbocycles. The molecule has 1 atom stereocenters. The summed E-state index contributed by atoms with van der Waals surface area (Å²) < 4.78 is 24.6. The van der Waals surface area contributed by atoms with Crippen LogP contribution in [0.1, 0.15) is 30.1 Å². The number of aliphatic hydroxyl groups excluding tert-OH is 1. The number of carboxylic acid groups (broad SMARTS) is 1. The minimum atomic E-state index is -2.62. The number of halogens is 2. The van der Waals surface area contributed by atoms with Gasteiger partial charge in [0, 0.05) is 5.56 Å². The minimum absolute atomic E-state index is 0.190. The lowest BCUT2D eigenvalue weighted by molar-refractivity contribution is -0.139. The summed E-state index contributed by atoms with van der Waals surface area (Å²) in [6.07, 6.45) is -4.37. The predicted molar refractivity (Wildman–Crippen MR) is 48.6 cm³/mol. The van der Waals surface area contributed by atoms with Crippen molar-refractivity contribution in [3.05, 3.63) is 35.4 Å². The Morgan fingerprint density at radius 3 is 2.47 bits per heavy atom. The fraction of sp³-hybridized carbons (Fsp3) is 0.300. The van der Waals surface area contributed by atoms with Gasteiger partial charge in [0.1, 0.15) is 0 Å². The molecule has 0 heterocycles. The van der Waals surface area contributed by atoms with Crippen LogP contribution in [0.4, 0.5) is 8.78 Å². The van der Waals surface area contributed by atoms with Crippen molar-refractivity contribution in [1.82, 2.24) is 0 Å². The SMILES string of the molecule is O=C(O)CC(O)c1cccc(C(F)F)c1. The number of aliphatic hydroxyl groups is 1. The molecular formula is C10H10F2O3. The fourth-order valence-electron chi connectivity index (χ4n) is 1.19. The van der Waals surface area contributed by atoms with E-state index in [1.807, 2.05) is 0 Å². The molecule has 15 heavy (non-hydrogen) atoms. The first-order valence-electron chi connectivity index (χ1n) is 4.28. The van der Waals surface area contributed by atoms with Gasteiger partial charge in [-0.1, -0.05) is 18.2 Å². The van der Waals surface area contributed by atoms with Crippen molar-refractivity contribution in [2.45, 2.75) is 19.0 Å². The molecule has 3 nitrogen and oxygen atoms in total. The standard InChI is InChI=1S/C10H10F2O3/c11-10(12)7-3-1-2-6(4-7)8(13)5-9(14)15/h1-4,8,10,13H,5H2,(H,14,15). The van der Waals surface area contributed by atoms with Crippen LogP contribution in [0.5, 0.6) is 0 Å². The molecule has 0 radical (unpaired) electrons. The monoisotopic (exact) mass is 216 g/mol. The Morgan fingerprint density at radius 1 is 1.33 bits per heavy atom. The summed E-state index contributed by atoms with van der Waals surface area (Å²) in [7, 11) is 0. The Balaban J connectivity index is 2.85. The third-order valence-corrected chi connectivity index (χ3v) is 1.92. The number of alkyl halides is 2. The van der Waals surface area contributed by atoms with Crippen LogP contribution in [-0.2, 0) is 4.79 Å². The zero-order valence-corrected chi connectivity index (χ0v) is 7.73. The summed E-state index contributed by atoms with van der Waals surface area (Å²) in [4.78, 5) is 10.3. The van der Waals surface area contributed by atoms with Crippen molar-refractivity contribution in [1.29, 1.82) is 0 Å². The third kappa shape index (κ3) is 3.28. The molecule has 5 heteroatoms. The minimum Gasteiger partial charge on any atom is -0.481 e. The lowest BCUT2D eigenvalue weighted by Crippen LogP contribution is -2.05. The summed E-state index contributed by atoms with van der Waals surface area (Å²) in [5.74, 6) is -1.18. The largest absolute Gasteiger partial charge is 0.481 e. The lowest BCUT2D eigenvalue weighted by atomic mass is 10.0. The molecular weight excluding hydrogens is 206 g/mol. The summed E-state index contributed by atoms with van der Waals surface area (Å²) in [5, 5.41) is 17.8. The van der Waals surface area contributed by atoms with Gasteiger partial charge in [0.05, 0.1) is 12.5 Å². The van der Waals surface area contributed by atoms with Gasteiger partial charge in [-0.25, -0.2) is 8.78 Å². The van der Waals surface area contributed by atoms with Crippen molar-refractivity contribution in [3.8, 4) is 0 Å². The average Bonchev–Trinajstić information content (AvgIpc) is 2.17. The average molecular weight is 216 g/mol. The Hall–Kier alpha value is -1.49. The molecule has 0 aromatic heterocycles. The quantitative estimate of drug-likeness (QED) is 0.810. The van der Waals surface area contributed by atoms with Gasteiger partial charge in [-0.3, -0.25) is 4.79 Å². The zero-order valence-electron chi connectivity index (χ0n) is 7.73. The molecule has 1 aromatic rings. The zero-order chi connectivity index (χ0) is 11.4. The van der Waals surface area contributed by atoms with E-state index < -0.39 is 24.9 Å². The fourth-order valence-corrected chi connectivity index (χ4v) is 1.19. The van der Waals surface area contributed by atoms with E-state index in [-0.39, 0.29) is 11.1 Å². The molecule has 0 aliphatic rings. The molecule has 0 spiro atoms. The molecule has 1 unspecified atom stereocenters. The molecule has 0 amide bonds. The van der Waals surface area contributed by atoms with Crippen LogP contribution in [0, 0.1) is 0 Å². The van der Waals surface area contributed by atoms with Gasteiger partial charge in [-0.2, -0.15) is 0 Å². The first-order chi connectivity index (χ1) is 7.00. The number of benzene rings is 1. The van der Waals surface area contributed by atoms with Gasteiger partial charge >= 0.3 is 5.97 Å². The second-order valence-corrected chi connectivity index (χ2v) is 3.08. The lowest BCUT2D eigenvalue weighted by Gasteiger charge is -2.09. The van der Waals surface area contributed by atoms with Gasteiger partial charge in [0.2, 0.25) is 0 Å². The van der Waals surface area contributed by atoms with E-state index in [0.29, 0.717) is 0 Å². The summed E-state index contributed by atoms with van der Waals surface area (Å²) >= 11 is 0. The second-order valence-electron chi connectivity index (χ2n) is 3.08. The first-order valence-corrected chi connectivity index (χ1v) is 4.28. The molecule has 82 valence electrons. The van der Waals surface area contributed by atoms with Crippen LogP contribution in [0.15, 0.2) is 24.3 Å². The Bertz CT molecular complexity index is 352. The number of hydrogen-bond donors (Lipinski definition) is 2. The van der Waals surface area contributed by atoms with Crippen molar-refractivity contribution in [2.75, 3.05) is 0 Å². The van der Waals surface area contributed by atoms with E-state index in [4.69, 9.17) is 5.11 Å². The van der Waals surface area contributed by atoms with Crippen LogP contribution >= 0.6 is 0 Å². The van der Waals surface area contributed by atoms with Gasteiger partial charge in [-0.15, -0.1) is 0 Å². The van der Waals surface area contributed by atoms with E-state index in [2.05, 4.69) is 0 Å². The van der Waals surface area contributed by atoms with Gasteiger partial charge < -0.3 is 10.2 Å². The van der Waals surface area contributed by atoms with Crippen molar-refractivity contribution in [2.24, 2.45) is 0 Å². The molecule has 2 N–H and O–H groups in total. The topological polar surface area (TPSA) is 57.5 Å². The maximum absolute atomic E-state index is 12.3. The number of carbonyl (C=O) groups is 1. The third-order valence-electron chi connectivity index (χ3n) is 1.92. The Morgan fingerprint density at radius 2 is 1.93 bits per heavy atom. The summed E-state index contributed by atoms with van der Waals surface area (Å²) in [6, 6.07) is 5.11. The predicted octanol–water partition coefficient (Wildman–Crippen LogP) is 2.13.